The van der Waals surface area contributed by atoms with Crippen LogP contribution in [0.1, 0.15) is 50.7 Å². The number of ether oxygens (including phenoxy) is 1. The molecule has 1 heterocycles. The van der Waals surface area contributed by atoms with E-state index in [0.717, 1.165) is 30.2 Å². The van der Waals surface area contributed by atoms with Gasteiger partial charge in [-0.25, -0.2) is 0 Å². The lowest BCUT2D eigenvalue weighted by molar-refractivity contribution is -0.122. The second kappa shape index (κ2) is 5.47. The van der Waals surface area contributed by atoms with E-state index in [1.165, 1.54) is 36.8 Å². The molecule has 2 atom stereocenters. The zero-order chi connectivity index (χ0) is 14.1. The molecule has 1 amide bonds. The molecule has 3 nitrogen and oxygen atoms in total. The molecule has 1 aromatic carbocycles. The predicted octanol–water partition coefficient (Wildman–Crippen LogP) is 3.70. The summed E-state index contributed by atoms with van der Waals surface area (Å²) in [5.41, 5.74) is 3.64. The van der Waals surface area contributed by atoms with Crippen LogP contribution in [-0.2, 0) is 17.6 Å². The fraction of sp³-hybridized carbons (Fsp3) is 0.588. The lowest BCUT2D eigenvalue weighted by Crippen LogP contribution is -2.34. The number of fused-ring (bicyclic) bond motifs is 2. The van der Waals surface area contributed by atoms with E-state index < -0.39 is 6.10 Å². The number of carbonyl (C=O) groups excluding carboxylic acids is 1. The minimum Gasteiger partial charge on any atom is -0.479 e. The first-order valence-corrected chi connectivity index (χ1v) is 7.80. The molecule has 1 aromatic rings. The second-order valence-electron chi connectivity index (χ2n) is 6.07. The van der Waals surface area contributed by atoms with Gasteiger partial charge in [-0.1, -0.05) is 19.8 Å². The Hall–Kier alpha value is -1.51. The van der Waals surface area contributed by atoms with E-state index in [-0.39, 0.29) is 5.91 Å². The number of hydrogen-bond acceptors (Lipinski definition) is 2. The molecule has 2 unspecified atom stereocenters. The van der Waals surface area contributed by atoms with Gasteiger partial charge in [0.2, 0.25) is 0 Å². The Morgan fingerprint density at radius 3 is 2.85 bits per heavy atom. The molecule has 0 aromatic heterocycles. The van der Waals surface area contributed by atoms with Gasteiger partial charge in [0.1, 0.15) is 5.75 Å². The van der Waals surface area contributed by atoms with Crippen LogP contribution in [0.15, 0.2) is 12.1 Å². The van der Waals surface area contributed by atoms with Crippen LogP contribution in [0.25, 0.3) is 0 Å². The van der Waals surface area contributed by atoms with Gasteiger partial charge in [0.05, 0.1) is 5.69 Å². The number of anilines is 1. The Labute approximate surface area is 120 Å². The molecule has 2 aliphatic rings. The number of aryl methyl sites for hydroxylation is 2. The van der Waals surface area contributed by atoms with E-state index in [0.29, 0.717) is 0 Å². The van der Waals surface area contributed by atoms with Crippen LogP contribution in [0.4, 0.5) is 5.69 Å². The summed E-state index contributed by atoms with van der Waals surface area (Å²) in [6.07, 6.45) is 6.98. The molecule has 1 N–H and O–H groups in total. The molecule has 1 aliphatic heterocycles. The number of amides is 1. The molecule has 0 bridgehead atoms. The summed E-state index contributed by atoms with van der Waals surface area (Å²) >= 11 is 0. The largest absolute Gasteiger partial charge is 0.479 e. The number of rotatable bonds is 1. The van der Waals surface area contributed by atoms with Gasteiger partial charge < -0.3 is 10.1 Å². The molecule has 0 fully saturated rings. The molecule has 1 aliphatic carbocycles. The molecule has 0 saturated carbocycles. The van der Waals surface area contributed by atoms with E-state index in [4.69, 9.17) is 4.74 Å². The molecule has 20 heavy (non-hydrogen) atoms. The Bertz CT molecular complexity index is 524. The van der Waals surface area contributed by atoms with Crippen LogP contribution in [0.3, 0.4) is 0 Å². The predicted molar refractivity (Wildman–Crippen MR) is 80.2 cm³/mol. The van der Waals surface area contributed by atoms with Crippen LogP contribution in [0.2, 0.25) is 0 Å². The molecule has 0 radical (unpaired) electrons. The molecule has 0 saturated heterocycles. The highest BCUT2D eigenvalue weighted by Gasteiger charge is 2.25. The van der Waals surface area contributed by atoms with Crippen molar-refractivity contribution < 1.29 is 9.53 Å². The van der Waals surface area contributed by atoms with Crippen molar-refractivity contribution in [2.45, 2.75) is 58.5 Å². The molecule has 108 valence electrons. The zero-order valence-electron chi connectivity index (χ0n) is 12.4. The monoisotopic (exact) mass is 273 g/mol. The summed E-state index contributed by atoms with van der Waals surface area (Å²) in [6, 6.07) is 4.28. The average Bonchev–Trinajstić information content (AvgIpc) is 2.41. The first-order valence-electron chi connectivity index (χ1n) is 7.80. The summed E-state index contributed by atoms with van der Waals surface area (Å²) in [4.78, 5) is 11.7. The van der Waals surface area contributed by atoms with Gasteiger partial charge in [-0.15, -0.1) is 0 Å². The van der Waals surface area contributed by atoms with Gasteiger partial charge in [-0.05, 0) is 61.8 Å². The highest BCUT2D eigenvalue weighted by atomic mass is 16.5. The van der Waals surface area contributed by atoms with Crippen LogP contribution >= 0.6 is 0 Å². The fourth-order valence-electron chi connectivity index (χ4n) is 3.30. The summed E-state index contributed by atoms with van der Waals surface area (Å²) in [5, 5.41) is 2.96. The third kappa shape index (κ3) is 2.54. The van der Waals surface area contributed by atoms with E-state index in [2.05, 4.69) is 24.4 Å². The summed E-state index contributed by atoms with van der Waals surface area (Å²) in [7, 11) is 0. The molecular weight excluding hydrogens is 250 g/mol. The molecule has 0 spiro atoms. The maximum Gasteiger partial charge on any atom is 0.265 e. The van der Waals surface area contributed by atoms with Crippen LogP contribution < -0.4 is 10.1 Å². The maximum absolute atomic E-state index is 11.7. The standard InChI is InChI=1S/C17H23NO2/c1-3-12-5-4-6-13-10-16-15(9-14(13)8-7-12)18-17(19)11(2)20-16/h9-12H,3-8H2,1-2H3,(H,18,19). The summed E-state index contributed by atoms with van der Waals surface area (Å²) in [5.74, 6) is 1.64. The Morgan fingerprint density at radius 1 is 1.25 bits per heavy atom. The van der Waals surface area contributed by atoms with Crippen molar-refractivity contribution in [1.82, 2.24) is 0 Å². The quantitative estimate of drug-likeness (QED) is 0.847. The Balaban J connectivity index is 1.90. The van der Waals surface area contributed by atoms with Gasteiger partial charge in [0.25, 0.3) is 5.91 Å². The van der Waals surface area contributed by atoms with E-state index in [1.807, 2.05) is 0 Å². The van der Waals surface area contributed by atoms with Gasteiger partial charge in [-0.3, -0.25) is 4.79 Å². The van der Waals surface area contributed by atoms with Crippen molar-refractivity contribution in [3.05, 3.63) is 23.3 Å². The second-order valence-corrected chi connectivity index (χ2v) is 6.07. The molecule has 3 rings (SSSR count). The van der Waals surface area contributed by atoms with Crippen molar-refractivity contribution in [1.29, 1.82) is 0 Å². The molecular formula is C17H23NO2. The highest BCUT2D eigenvalue weighted by Crippen LogP contribution is 2.35. The van der Waals surface area contributed by atoms with E-state index in [9.17, 15) is 4.79 Å². The van der Waals surface area contributed by atoms with Crippen molar-refractivity contribution in [3.63, 3.8) is 0 Å². The van der Waals surface area contributed by atoms with Gasteiger partial charge >= 0.3 is 0 Å². The van der Waals surface area contributed by atoms with Gasteiger partial charge in [-0.2, -0.15) is 0 Å². The number of benzene rings is 1. The van der Waals surface area contributed by atoms with Crippen molar-refractivity contribution in [2.24, 2.45) is 5.92 Å². The summed E-state index contributed by atoms with van der Waals surface area (Å²) in [6.45, 7) is 4.08. The SMILES string of the molecule is CCC1CCCc2cc3c(cc2CC1)NC(=O)C(C)O3. The van der Waals surface area contributed by atoms with Gasteiger partial charge in [0.15, 0.2) is 6.10 Å². The Kier molecular flexibility index (Phi) is 3.68. The minimum atomic E-state index is -0.390. The van der Waals surface area contributed by atoms with E-state index in [1.54, 1.807) is 6.92 Å². The van der Waals surface area contributed by atoms with Crippen molar-refractivity contribution >= 4 is 11.6 Å². The normalized spacial score (nSPS) is 25.6. The maximum atomic E-state index is 11.7. The number of nitrogens with one attached hydrogen (secondary N) is 1. The Morgan fingerprint density at radius 2 is 2.05 bits per heavy atom. The fourth-order valence-corrected chi connectivity index (χ4v) is 3.30. The third-order valence-corrected chi connectivity index (χ3v) is 4.69. The third-order valence-electron chi connectivity index (χ3n) is 4.69. The lowest BCUT2D eigenvalue weighted by atomic mass is 9.85. The first-order chi connectivity index (χ1) is 9.67. The number of carbonyl (C=O) groups is 1. The van der Waals surface area contributed by atoms with Crippen molar-refractivity contribution in [2.75, 3.05) is 5.32 Å². The first kappa shape index (κ1) is 13.5. The average molecular weight is 273 g/mol. The summed E-state index contributed by atoms with van der Waals surface area (Å²) < 4.78 is 5.71. The highest BCUT2D eigenvalue weighted by molar-refractivity contribution is 5.97. The van der Waals surface area contributed by atoms with Gasteiger partial charge in [0, 0.05) is 0 Å². The minimum absolute atomic E-state index is 0.0465. The van der Waals surface area contributed by atoms with E-state index >= 15 is 0 Å². The zero-order valence-corrected chi connectivity index (χ0v) is 12.4. The van der Waals surface area contributed by atoms with Crippen molar-refractivity contribution in [3.8, 4) is 5.75 Å². The van der Waals surface area contributed by atoms with Crippen LogP contribution in [0, 0.1) is 5.92 Å². The lowest BCUT2D eigenvalue weighted by Gasteiger charge is -2.27. The topological polar surface area (TPSA) is 38.3 Å². The van der Waals surface area contributed by atoms with Crippen LogP contribution in [-0.4, -0.2) is 12.0 Å². The smallest absolute Gasteiger partial charge is 0.265 e. The number of hydrogen-bond donors (Lipinski definition) is 1. The molecule has 3 heteroatoms. The van der Waals surface area contributed by atoms with Crippen LogP contribution in [0.5, 0.6) is 5.75 Å².